The number of rotatable bonds is 4. The monoisotopic (exact) mass is 302 g/mol. The molecule has 0 radical (unpaired) electrons. The van der Waals surface area contributed by atoms with Crippen molar-refractivity contribution in [3.05, 3.63) is 35.4 Å². The fraction of sp³-hybridized carbons (Fsp3) is 0.600. The molecule has 0 aliphatic carbocycles. The maximum absolute atomic E-state index is 13.1. The molecule has 1 aromatic carbocycles. The van der Waals surface area contributed by atoms with Crippen LogP contribution >= 0.6 is 0 Å². The summed E-state index contributed by atoms with van der Waals surface area (Å²) in [5, 5.41) is 3.22. The van der Waals surface area contributed by atoms with Gasteiger partial charge in [0, 0.05) is 25.7 Å². The molecular weight excluding hydrogens is 281 g/mol. The van der Waals surface area contributed by atoms with Crippen molar-refractivity contribution < 1.29 is 17.9 Å². The molecule has 1 aliphatic rings. The third-order valence-electron chi connectivity index (χ3n) is 3.87. The number of nitrogens with zero attached hydrogens (tertiary/aromatic N) is 1. The van der Waals surface area contributed by atoms with Gasteiger partial charge in [-0.3, -0.25) is 4.90 Å². The van der Waals surface area contributed by atoms with Crippen LogP contribution in [0.4, 0.5) is 13.2 Å². The number of hydrogen-bond acceptors (Lipinski definition) is 3. The summed E-state index contributed by atoms with van der Waals surface area (Å²) >= 11 is 0. The summed E-state index contributed by atoms with van der Waals surface area (Å²) < 4.78 is 44.8. The van der Waals surface area contributed by atoms with Gasteiger partial charge in [-0.05, 0) is 25.6 Å². The molecule has 2 rings (SSSR count). The van der Waals surface area contributed by atoms with Crippen molar-refractivity contribution in [3.63, 3.8) is 0 Å². The summed E-state index contributed by atoms with van der Waals surface area (Å²) in [7, 11) is 1.83. The van der Waals surface area contributed by atoms with Gasteiger partial charge in [-0.1, -0.05) is 18.2 Å². The van der Waals surface area contributed by atoms with Crippen LogP contribution in [0.15, 0.2) is 24.3 Å². The number of morpholine rings is 1. The molecule has 21 heavy (non-hydrogen) atoms. The van der Waals surface area contributed by atoms with E-state index in [0.717, 1.165) is 19.2 Å². The number of halogens is 3. The highest BCUT2D eigenvalue weighted by molar-refractivity contribution is 5.32. The lowest BCUT2D eigenvalue weighted by molar-refractivity contribution is -0.138. The van der Waals surface area contributed by atoms with Crippen molar-refractivity contribution in [2.45, 2.75) is 25.2 Å². The van der Waals surface area contributed by atoms with Crippen molar-refractivity contribution in [1.29, 1.82) is 0 Å². The van der Waals surface area contributed by atoms with Gasteiger partial charge >= 0.3 is 6.18 Å². The second-order valence-electron chi connectivity index (χ2n) is 5.40. The number of alkyl halides is 3. The Morgan fingerprint density at radius 3 is 2.71 bits per heavy atom. The molecule has 0 bridgehead atoms. The zero-order valence-electron chi connectivity index (χ0n) is 12.3. The fourth-order valence-electron chi connectivity index (χ4n) is 2.57. The molecule has 3 nitrogen and oxygen atoms in total. The van der Waals surface area contributed by atoms with Crippen LogP contribution in [0, 0.1) is 0 Å². The zero-order valence-corrected chi connectivity index (χ0v) is 12.3. The van der Waals surface area contributed by atoms with Crippen LogP contribution in [0.5, 0.6) is 0 Å². The third-order valence-corrected chi connectivity index (χ3v) is 3.87. The molecule has 6 heteroatoms. The molecule has 1 aromatic rings. The molecule has 0 saturated carbocycles. The van der Waals surface area contributed by atoms with Crippen LogP contribution in [-0.2, 0) is 10.9 Å². The topological polar surface area (TPSA) is 24.5 Å². The summed E-state index contributed by atoms with van der Waals surface area (Å²) in [4.78, 5) is 1.90. The molecular formula is C15H21F3N2O. The van der Waals surface area contributed by atoms with E-state index in [9.17, 15) is 13.2 Å². The summed E-state index contributed by atoms with van der Waals surface area (Å²) in [6, 6.07) is 5.43. The van der Waals surface area contributed by atoms with Crippen molar-refractivity contribution in [2.24, 2.45) is 0 Å². The van der Waals surface area contributed by atoms with Gasteiger partial charge in [-0.25, -0.2) is 0 Å². The molecule has 1 fully saturated rings. The molecule has 0 aromatic heterocycles. The molecule has 1 N–H and O–H groups in total. The van der Waals surface area contributed by atoms with Gasteiger partial charge in [0.05, 0.1) is 18.3 Å². The molecule has 0 amide bonds. The smallest absolute Gasteiger partial charge is 0.374 e. The summed E-state index contributed by atoms with van der Waals surface area (Å²) in [5.41, 5.74) is -0.261. The van der Waals surface area contributed by atoms with Gasteiger partial charge in [0.15, 0.2) is 0 Å². The molecule has 118 valence electrons. The molecule has 1 aliphatic heterocycles. The number of likely N-dealkylation sites (N-methyl/N-ethyl adjacent to an activating group) is 1. The van der Waals surface area contributed by atoms with Crippen LogP contribution in [0.3, 0.4) is 0 Å². The third kappa shape index (κ3) is 4.18. The van der Waals surface area contributed by atoms with E-state index in [4.69, 9.17) is 4.74 Å². The van der Waals surface area contributed by atoms with Crippen LogP contribution in [0.1, 0.15) is 24.1 Å². The second-order valence-corrected chi connectivity index (χ2v) is 5.40. The van der Waals surface area contributed by atoms with Gasteiger partial charge in [-0.2, -0.15) is 13.2 Å². The molecule has 1 saturated heterocycles. The lowest BCUT2D eigenvalue weighted by Crippen LogP contribution is -2.45. The van der Waals surface area contributed by atoms with E-state index < -0.39 is 11.7 Å². The SMILES string of the molecule is CC(c1ccccc1C(F)(F)F)N(C)CC1CNCCO1. The maximum atomic E-state index is 13.1. The Morgan fingerprint density at radius 1 is 1.38 bits per heavy atom. The standard InChI is InChI=1S/C15H21F3N2O/c1-11(20(2)10-12-9-19-7-8-21-12)13-5-3-4-6-14(13)15(16,17)18/h3-6,11-12,19H,7-10H2,1-2H3. The summed E-state index contributed by atoms with van der Waals surface area (Å²) in [6.07, 6.45) is -4.31. The first-order chi connectivity index (χ1) is 9.89. The predicted octanol–water partition coefficient (Wildman–Crippen LogP) is 2.69. The molecule has 2 atom stereocenters. The summed E-state index contributed by atoms with van der Waals surface area (Å²) in [5.74, 6) is 0. The average molecular weight is 302 g/mol. The highest BCUT2D eigenvalue weighted by Crippen LogP contribution is 2.35. The lowest BCUT2D eigenvalue weighted by Gasteiger charge is -2.32. The first-order valence-electron chi connectivity index (χ1n) is 7.08. The van der Waals surface area contributed by atoms with Crippen molar-refractivity contribution in [2.75, 3.05) is 33.3 Å². The molecule has 1 heterocycles. The van der Waals surface area contributed by atoms with E-state index in [2.05, 4.69) is 5.32 Å². The maximum Gasteiger partial charge on any atom is 0.416 e. The van der Waals surface area contributed by atoms with E-state index >= 15 is 0 Å². The average Bonchev–Trinajstić information content (AvgIpc) is 2.46. The van der Waals surface area contributed by atoms with E-state index in [1.165, 1.54) is 6.07 Å². The number of nitrogens with one attached hydrogen (secondary N) is 1. The summed E-state index contributed by atoms with van der Waals surface area (Å²) in [6.45, 7) is 4.60. The second kappa shape index (κ2) is 6.77. The Kier molecular flexibility index (Phi) is 5.24. The molecule has 2 unspecified atom stereocenters. The van der Waals surface area contributed by atoms with Crippen LogP contribution in [0.2, 0.25) is 0 Å². The Balaban J connectivity index is 2.10. The minimum absolute atomic E-state index is 0.0178. The predicted molar refractivity (Wildman–Crippen MR) is 75.1 cm³/mol. The van der Waals surface area contributed by atoms with Gasteiger partial charge < -0.3 is 10.1 Å². The number of benzene rings is 1. The van der Waals surface area contributed by atoms with E-state index in [-0.39, 0.29) is 12.1 Å². The Bertz CT molecular complexity index is 458. The van der Waals surface area contributed by atoms with Gasteiger partial charge in [0.2, 0.25) is 0 Å². The lowest BCUT2D eigenvalue weighted by atomic mass is 10.00. The minimum atomic E-state index is -4.32. The minimum Gasteiger partial charge on any atom is -0.374 e. The van der Waals surface area contributed by atoms with E-state index in [0.29, 0.717) is 18.7 Å². The normalized spacial score (nSPS) is 21.5. The van der Waals surface area contributed by atoms with Crippen LogP contribution < -0.4 is 5.32 Å². The Hall–Kier alpha value is -1.11. The van der Waals surface area contributed by atoms with Crippen LogP contribution in [-0.4, -0.2) is 44.3 Å². The van der Waals surface area contributed by atoms with Crippen molar-refractivity contribution in [1.82, 2.24) is 10.2 Å². The van der Waals surface area contributed by atoms with Gasteiger partial charge in [0.25, 0.3) is 0 Å². The molecule has 0 spiro atoms. The Labute approximate surface area is 123 Å². The fourth-order valence-corrected chi connectivity index (χ4v) is 2.57. The number of hydrogen-bond donors (Lipinski definition) is 1. The largest absolute Gasteiger partial charge is 0.416 e. The Morgan fingerprint density at radius 2 is 2.10 bits per heavy atom. The van der Waals surface area contributed by atoms with E-state index in [1.807, 2.05) is 11.9 Å². The van der Waals surface area contributed by atoms with Crippen molar-refractivity contribution >= 4 is 0 Å². The first kappa shape index (κ1) is 16.3. The zero-order chi connectivity index (χ0) is 15.5. The highest BCUT2D eigenvalue weighted by Gasteiger charge is 2.35. The van der Waals surface area contributed by atoms with Crippen LogP contribution in [0.25, 0.3) is 0 Å². The van der Waals surface area contributed by atoms with E-state index in [1.54, 1.807) is 19.1 Å². The quantitative estimate of drug-likeness (QED) is 0.925. The highest BCUT2D eigenvalue weighted by atomic mass is 19.4. The van der Waals surface area contributed by atoms with Crippen molar-refractivity contribution in [3.8, 4) is 0 Å². The number of ether oxygens (including phenoxy) is 1. The first-order valence-corrected chi connectivity index (χ1v) is 7.08. The van der Waals surface area contributed by atoms with Gasteiger partial charge in [-0.15, -0.1) is 0 Å². The van der Waals surface area contributed by atoms with Gasteiger partial charge in [0.1, 0.15) is 0 Å².